The van der Waals surface area contributed by atoms with Crippen molar-refractivity contribution in [3.8, 4) is 0 Å². The van der Waals surface area contributed by atoms with Crippen LogP contribution in [0, 0.1) is 0 Å². The number of fused-ring (bicyclic) bond motifs is 1. The van der Waals surface area contributed by atoms with E-state index in [0.717, 1.165) is 27.0 Å². The van der Waals surface area contributed by atoms with Crippen molar-refractivity contribution in [1.29, 1.82) is 0 Å². The highest BCUT2D eigenvalue weighted by atomic mass is 32.1. The van der Waals surface area contributed by atoms with Crippen molar-refractivity contribution in [1.82, 2.24) is 15.3 Å². The number of thiazole rings is 1. The molecule has 1 atom stereocenters. The largest absolute Gasteiger partial charge is 0.361 e. The molecule has 0 aliphatic heterocycles. The van der Waals surface area contributed by atoms with Crippen molar-refractivity contribution in [3.05, 3.63) is 88.5 Å². The molecule has 4 rings (SSSR count). The van der Waals surface area contributed by atoms with Crippen LogP contribution in [0.5, 0.6) is 0 Å². The summed E-state index contributed by atoms with van der Waals surface area (Å²) in [5, 5.41) is 7.04. The van der Waals surface area contributed by atoms with Crippen LogP contribution >= 0.6 is 11.3 Å². The molecule has 0 fully saturated rings. The van der Waals surface area contributed by atoms with E-state index in [0.29, 0.717) is 6.42 Å². The van der Waals surface area contributed by atoms with Gasteiger partial charge in [-0.15, -0.1) is 11.3 Å². The van der Waals surface area contributed by atoms with Crippen molar-refractivity contribution < 1.29 is 4.79 Å². The first-order valence-corrected chi connectivity index (χ1v) is 8.98. The van der Waals surface area contributed by atoms with Crippen molar-refractivity contribution in [2.24, 2.45) is 0 Å². The van der Waals surface area contributed by atoms with Crippen LogP contribution in [0.15, 0.2) is 72.4 Å². The monoisotopic (exact) mass is 347 g/mol. The number of carbonyl (C=O) groups excluding carboxylic acids is 1. The Bertz CT molecular complexity index is 977. The first-order valence-electron chi connectivity index (χ1n) is 8.10. The molecule has 25 heavy (non-hydrogen) atoms. The van der Waals surface area contributed by atoms with Gasteiger partial charge in [0.05, 0.1) is 6.42 Å². The Morgan fingerprint density at radius 2 is 1.92 bits per heavy atom. The summed E-state index contributed by atoms with van der Waals surface area (Å²) >= 11 is 1.55. The standard InChI is InChI=1S/C20H17N3OS/c24-18(12-15-13-22-17-9-5-4-8-16(15)17)23-19(20-21-10-11-25-20)14-6-2-1-3-7-14/h1-11,13,19,22H,12H2,(H,23,24). The number of aromatic nitrogens is 2. The fraction of sp³-hybridized carbons (Fsp3) is 0.100. The summed E-state index contributed by atoms with van der Waals surface area (Å²) in [6.07, 6.45) is 4.01. The van der Waals surface area contributed by atoms with E-state index in [1.54, 1.807) is 17.5 Å². The van der Waals surface area contributed by atoms with E-state index in [1.807, 2.05) is 66.2 Å². The van der Waals surface area contributed by atoms with Crippen LogP contribution in [0.25, 0.3) is 10.9 Å². The van der Waals surface area contributed by atoms with Crippen LogP contribution in [-0.2, 0) is 11.2 Å². The van der Waals surface area contributed by atoms with Crippen molar-refractivity contribution in [2.75, 3.05) is 0 Å². The van der Waals surface area contributed by atoms with Crippen LogP contribution in [0.1, 0.15) is 22.2 Å². The van der Waals surface area contributed by atoms with Gasteiger partial charge in [0, 0.05) is 28.7 Å². The summed E-state index contributed by atoms with van der Waals surface area (Å²) in [5.41, 5.74) is 3.08. The molecule has 0 radical (unpaired) electrons. The van der Waals surface area contributed by atoms with Gasteiger partial charge in [0.25, 0.3) is 0 Å². The average Bonchev–Trinajstić information content (AvgIpc) is 3.31. The fourth-order valence-corrected chi connectivity index (χ4v) is 3.69. The highest BCUT2D eigenvalue weighted by Crippen LogP contribution is 2.24. The first-order chi connectivity index (χ1) is 12.3. The lowest BCUT2D eigenvalue weighted by atomic mass is 10.1. The van der Waals surface area contributed by atoms with Crippen molar-refractivity contribution >= 4 is 28.1 Å². The molecule has 0 saturated heterocycles. The number of hydrogen-bond donors (Lipinski definition) is 2. The number of para-hydroxylation sites is 1. The molecule has 2 N–H and O–H groups in total. The lowest BCUT2D eigenvalue weighted by Crippen LogP contribution is -2.30. The molecular weight excluding hydrogens is 330 g/mol. The molecule has 0 saturated carbocycles. The third-order valence-electron chi connectivity index (χ3n) is 4.16. The third kappa shape index (κ3) is 3.32. The highest BCUT2D eigenvalue weighted by Gasteiger charge is 2.19. The van der Waals surface area contributed by atoms with Gasteiger partial charge in [0.2, 0.25) is 5.91 Å². The molecular formula is C20H17N3OS. The molecule has 4 nitrogen and oxygen atoms in total. The Morgan fingerprint density at radius 3 is 2.72 bits per heavy atom. The van der Waals surface area contributed by atoms with Crippen LogP contribution in [0.4, 0.5) is 0 Å². The predicted octanol–water partition coefficient (Wildman–Crippen LogP) is 4.07. The Hall–Kier alpha value is -2.92. The summed E-state index contributed by atoms with van der Waals surface area (Å²) in [6.45, 7) is 0. The van der Waals surface area contributed by atoms with Gasteiger partial charge < -0.3 is 10.3 Å². The molecule has 1 unspecified atom stereocenters. The molecule has 2 aromatic heterocycles. The van der Waals surface area contributed by atoms with Crippen LogP contribution < -0.4 is 5.32 Å². The number of rotatable bonds is 5. The average molecular weight is 347 g/mol. The molecule has 4 aromatic rings. The number of benzene rings is 2. The van der Waals surface area contributed by atoms with Gasteiger partial charge in [0.15, 0.2) is 0 Å². The van der Waals surface area contributed by atoms with E-state index >= 15 is 0 Å². The van der Waals surface area contributed by atoms with E-state index < -0.39 is 0 Å². The van der Waals surface area contributed by atoms with Gasteiger partial charge in [-0.2, -0.15) is 0 Å². The Balaban J connectivity index is 1.57. The zero-order chi connectivity index (χ0) is 17.1. The SMILES string of the molecule is O=C(Cc1c[nH]c2ccccc12)NC(c1ccccc1)c1nccs1. The zero-order valence-corrected chi connectivity index (χ0v) is 14.3. The van der Waals surface area contributed by atoms with Gasteiger partial charge in [-0.25, -0.2) is 4.98 Å². The van der Waals surface area contributed by atoms with E-state index in [2.05, 4.69) is 15.3 Å². The van der Waals surface area contributed by atoms with Gasteiger partial charge in [0.1, 0.15) is 11.0 Å². The van der Waals surface area contributed by atoms with Crippen LogP contribution in [0.2, 0.25) is 0 Å². The molecule has 0 bridgehead atoms. The zero-order valence-electron chi connectivity index (χ0n) is 13.5. The first kappa shape index (κ1) is 15.6. The molecule has 124 valence electrons. The number of nitrogens with zero attached hydrogens (tertiary/aromatic N) is 1. The normalized spacial score (nSPS) is 12.2. The molecule has 0 spiro atoms. The second kappa shape index (κ2) is 6.91. The predicted molar refractivity (Wildman–Crippen MR) is 101 cm³/mol. The minimum absolute atomic E-state index is 0.0196. The molecule has 0 aliphatic rings. The van der Waals surface area contributed by atoms with E-state index in [4.69, 9.17) is 0 Å². The molecule has 1 amide bonds. The summed E-state index contributed by atoms with van der Waals surface area (Å²) in [4.78, 5) is 20.3. The van der Waals surface area contributed by atoms with Gasteiger partial charge >= 0.3 is 0 Å². The second-order valence-corrected chi connectivity index (χ2v) is 6.74. The van der Waals surface area contributed by atoms with E-state index in [9.17, 15) is 4.79 Å². The summed E-state index contributed by atoms with van der Waals surface area (Å²) < 4.78 is 0. The Kier molecular flexibility index (Phi) is 4.31. The maximum Gasteiger partial charge on any atom is 0.225 e. The Labute approximate surface area is 149 Å². The fourth-order valence-electron chi connectivity index (χ4n) is 2.97. The van der Waals surface area contributed by atoms with Gasteiger partial charge in [-0.3, -0.25) is 4.79 Å². The van der Waals surface area contributed by atoms with Crippen LogP contribution in [-0.4, -0.2) is 15.9 Å². The maximum atomic E-state index is 12.7. The third-order valence-corrected chi connectivity index (χ3v) is 5.00. The van der Waals surface area contributed by atoms with E-state index in [-0.39, 0.29) is 11.9 Å². The lowest BCUT2D eigenvalue weighted by Gasteiger charge is -2.17. The summed E-state index contributed by atoms with van der Waals surface area (Å²) in [6, 6.07) is 17.7. The van der Waals surface area contributed by atoms with Crippen LogP contribution in [0.3, 0.4) is 0 Å². The summed E-state index contributed by atoms with van der Waals surface area (Å²) in [5.74, 6) is -0.0196. The lowest BCUT2D eigenvalue weighted by molar-refractivity contribution is -0.120. The van der Waals surface area contributed by atoms with Gasteiger partial charge in [-0.1, -0.05) is 48.5 Å². The van der Waals surface area contributed by atoms with E-state index in [1.165, 1.54) is 0 Å². The number of nitrogens with one attached hydrogen (secondary N) is 2. The maximum absolute atomic E-state index is 12.7. The molecule has 2 aromatic carbocycles. The summed E-state index contributed by atoms with van der Waals surface area (Å²) in [7, 11) is 0. The Morgan fingerprint density at radius 1 is 1.12 bits per heavy atom. The van der Waals surface area contributed by atoms with Gasteiger partial charge in [-0.05, 0) is 17.2 Å². The second-order valence-electron chi connectivity index (χ2n) is 5.82. The number of amides is 1. The molecule has 5 heteroatoms. The van der Waals surface area contributed by atoms with Crippen molar-refractivity contribution in [3.63, 3.8) is 0 Å². The number of hydrogen-bond acceptors (Lipinski definition) is 3. The minimum Gasteiger partial charge on any atom is -0.361 e. The highest BCUT2D eigenvalue weighted by molar-refractivity contribution is 7.09. The molecule has 2 heterocycles. The number of aromatic amines is 1. The smallest absolute Gasteiger partial charge is 0.225 e. The van der Waals surface area contributed by atoms with Crippen molar-refractivity contribution in [2.45, 2.75) is 12.5 Å². The molecule has 0 aliphatic carbocycles. The minimum atomic E-state index is -0.223. The topological polar surface area (TPSA) is 57.8 Å². The number of carbonyl (C=O) groups is 1. The number of H-pyrrole nitrogens is 1. The quantitative estimate of drug-likeness (QED) is 0.572.